The third kappa shape index (κ3) is 3.18. The van der Waals surface area contributed by atoms with Gasteiger partial charge in [-0.3, -0.25) is 0 Å². The van der Waals surface area contributed by atoms with E-state index in [1.807, 2.05) is 18.7 Å². The minimum Gasteiger partial charge on any atom is -0.508 e. The van der Waals surface area contributed by atoms with Gasteiger partial charge in [-0.25, -0.2) is 4.39 Å². The monoisotopic (exact) mass is 269 g/mol. The van der Waals surface area contributed by atoms with Crippen LogP contribution in [0.4, 0.5) is 4.39 Å². The second kappa shape index (κ2) is 5.49. The molecule has 1 aliphatic heterocycles. The summed E-state index contributed by atoms with van der Waals surface area (Å²) in [7, 11) is 0. The maximum atomic E-state index is 13.7. The fourth-order valence-corrected chi connectivity index (χ4v) is 3.58. The van der Waals surface area contributed by atoms with E-state index >= 15 is 0 Å². The highest BCUT2D eigenvalue weighted by atomic mass is 32.2. The molecule has 100 valence electrons. The first kappa shape index (κ1) is 13.7. The molecule has 4 heteroatoms. The van der Waals surface area contributed by atoms with Crippen LogP contribution < -0.4 is 5.32 Å². The number of rotatable bonds is 4. The smallest absolute Gasteiger partial charge is 0.131 e. The van der Waals surface area contributed by atoms with Gasteiger partial charge in [0, 0.05) is 29.0 Å². The Bertz CT molecular complexity index is 418. The van der Waals surface area contributed by atoms with E-state index in [1.165, 1.54) is 30.7 Å². The highest BCUT2D eigenvalue weighted by molar-refractivity contribution is 8.00. The topological polar surface area (TPSA) is 32.3 Å². The summed E-state index contributed by atoms with van der Waals surface area (Å²) in [5.74, 6) is 0.848. The van der Waals surface area contributed by atoms with Crippen LogP contribution in [0.3, 0.4) is 0 Å². The van der Waals surface area contributed by atoms with Gasteiger partial charge in [0.05, 0.1) is 0 Å². The van der Waals surface area contributed by atoms with Crippen molar-refractivity contribution in [3.8, 4) is 5.75 Å². The van der Waals surface area contributed by atoms with Crippen molar-refractivity contribution in [2.45, 2.75) is 37.5 Å². The first-order valence-corrected chi connectivity index (χ1v) is 7.34. The predicted octanol–water partition coefficient (Wildman–Crippen LogP) is 3.47. The molecule has 2 N–H and O–H groups in total. The highest BCUT2D eigenvalue weighted by Crippen LogP contribution is 2.37. The molecule has 1 fully saturated rings. The fraction of sp³-hybridized carbons (Fsp3) is 0.571. The van der Waals surface area contributed by atoms with E-state index in [1.54, 1.807) is 6.07 Å². The Morgan fingerprint density at radius 3 is 2.94 bits per heavy atom. The Morgan fingerprint density at radius 1 is 1.56 bits per heavy atom. The van der Waals surface area contributed by atoms with E-state index in [4.69, 9.17) is 0 Å². The van der Waals surface area contributed by atoms with Crippen molar-refractivity contribution in [3.63, 3.8) is 0 Å². The van der Waals surface area contributed by atoms with Gasteiger partial charge in [-0.05, 0) is 38.5 Å². The molecule has 2 unspecified atom stereocenters. The molecule has 0 aromatic heterocycles. The molecule has 0 spiro atoms. The van der Waals surface area contributed by atoms with Crippen molar-refractivity contribution in [2.24, 2.45) is 0 Å². The van der Waals surface area contributed by atoms with Gasteiger partial charge in [0.2, 0.25) is 0 Å². The number of halogens is 1. The van der Waals surface area contributed by atoms with Crippen molar-refractivity contribution in [3.05, 3.63) is 29.6 Å². The lowest BCUT2D eigenvalue weighted by Gasteiger charge is -2.26. The summed E-state index contributed by atoms with van der Waals surface area (Å²) in [6.07, 6.45) is 2.49. The molecule has 1 aliphatic rings. The Labute approximate surface area is 112 Å². The molecule has 0 radical (unpaired) electrons. The lowest BCUT2D eigenvalue weighted by Crippen LogP contribution is -2.34. The molecule has 2 atom stereocenters. The first-order chi connectivity index (χ1) is 8.50. The Morgan fingerprint density at radius 2 is 2.33 bits per heavy atom. The largest absolute Gasteiger partial charge is 0.508 e. The molecular formula is C14H20FNOS. The van der Waals surface area contributed by atoms with Crippen LogP contribution in [-0.4, -0.2) is 22.2 Å². The van der Waals surface area contributed by atoms with Crippen LogP contribution in [0.1, 0.15) is 38.3 Å². The minimum atomic E-state index is -0.348. The molecular weight excluding hydrogens is 249 g/mol. The van der Waals surface area contributed by atoms with Gasteiger partial charge in [0.1, 0.15) is 11.6 Å². The average Bonchev–Trinajstić information content (AvgIpc) is 2.74. The minimum absolute atomic E-state index is 0.0261. The molecule has 1 saturated heterocycles. The van der Waals surface area contributed by atoms with Crippen LogP contribution in [-0.2, 0) is 0 Å². The number of benzene rings is 1. The van der Waals surface area contributed by atoms with E-state index < -0.39 is 0 Å². The normalized spacial score (nSPS) is 25.3. The second-order valence-electron chi connectivity index (χ2n) is 5.21. The maximum absolute atomic E-state index is 13.7. The highest BCUT2D eigenvalue weighted by Gasteiger charge is 2.29. The van der Waals surface area contributed by atoms with Crippen LogP contribution in [0.2, 0.25) is 0 Å². The van der Waals surface area contributed by atoms with Gasteiger partial charge in [0.15, 0.2) is 0 Å². The van der Waals surface area contributed by atoms with Crippen LogP contribution in [0.25, 0.3) is 0 Å². The number of aromatic hydroxyl groups is 1. The van der Waals surface area contributed by atoms with Crippen LogP contribution in [0, 0.1) is 5.82 Å². The van der Waals surface area contributed by atoms with Gasteiger partial charge < -0.3 is 10.4 Å². The van der Waals surface area contributed by atoms with E-state index in [0.29, 0.717) is 5.56 Å². The van der Waals surface area contributed by atoms with Gasteiger partial charge in [-0.15, -0.1) is 0 Å². The summed E-state index contributed by atoms with van der Waals surface area (Å²) in [5.41, 5.74) is 0.611. The zero-order chi connectivity index (χ0) is 13.2. The van der Waals surface area contributed by atoms with Crippen LogP contribution >= 0.6 is 11.8 Å². The van der Waals surface area contributed by atoms with Gasteiger partial charge in [-0.2, -0.15) is 11.8 Å². The quantitative estimate of drug-likeness (QED) is 0.878. The molecule has 18 heavy (non-hydrogen) atoms. The summed E-state index contributed by atoms with van der Waals surface area (Å²) in [6, 6.07) is 4.30. The first-order valence-electron chi connectivity index (χ1n) is 6.36. The molecule has 1 aromatic carbocycles. The molecule has 2 rings (SSSR count). The molecule has 2 nitrogen and oxygen atoms in total. The Kier molecular flexibility index (Phi) is 4.17. The number of phenolic OH excluding ortho intramolecular Hbond substituents is 1. The predicted molar refractivity (Wildman–Crippen MR) is 74.6 cm³/mol. The van der Waals surface area contributed by atoms with Crippen molar-refractivity contribution < 1.29 is 9.50 Å². The number of thioether (sulfide) groups is 1. The lowest BCUT2D eigenvalue weighted by atomic mass is 10.0. The van der Waals surface area contributed by atoms with E-state index in [-0.39, 0.29) is 22.4 Å². The third-order valence-corrected chi connectivity index (χ3v) is 5.07. The summed E-state index contributed by atoms with van der Waals surface area (Å²) < 4.78 is 14.0. The van der Waals surface area contributed by atoms with E-state index in [2.05, 4.69) is 12.2 Å². The average molecular weight is 269 g/mol. The van der Waals surface area contributed by atoms with Gasteiger partial charge >= 0.3 is 0 Å². The summed E-state index contributed by atoms with van der Waals surface area (Å²) >= 11 is 1.99. The van der Waals surface area contributed by atoms with Crippen molar-refractivity contribution in [1.82, 2.24) is 5.32 Å². The number of phenols is 1. The lowest BCUT2D eigenvalue weighted by molar-refractivity contribution is 0.456. The van der Waals surface area contributed by atoms with Crippen molar-refractivity contribution in [1.29, 1.82) is 0 Å². The van der Waals surface area contributed by atoms with Crippen LogP contribution in [0.5, 0.6) is 5.75 Å². The second-order valence-corrected chi connectivity index (χ2v) is 6.89. The summed E-state index contributed by atoms with van der Waals surface area (Å²) in [6.45, 7) is 5.11. The molecule has 0 saturated carbocycles. The molecule has 0 aliphatic carbocycles. The molecule has 0 amide bonds. The zero-order valence-corrected chi connectivity index (χ0v) is 11.7. The van der Waals surface area contributed by atoms with E-state index in [9.17, 15) is 9.50 Å². The molecule has 1 heterocycles. The SMILES string of the molecule is CC(NCC1(C)CCCS1)c1ccc(O)cc1F. The standard InChI is InChI=1S/C14H20FNOS/c1-10(12-5-4-11(17)8-13(12)15)16-9-14(2)6-3-7-18-14/h4-5,8,10,16-17H,3,6-7,9H2,1-2H3. The maximum Gasteiger partial charge on any atom is 0.131 e. The van der Waals surface area contributed by atoms with Gasteiger partial charge in [0.25, 0.3) is 0 Å². The van der Waals surface area contributed by atoms with Gasteiger partial charge in [-0.1, -0.05) is 6.07 Å². The zero-order valence-electron chi connectivity index (χ0n) is 10.9. The number of nitrogens with one attached hydrogen (secondary N) is 1. The fourth-order valence-electron chi connectivity index (χ4n) is 2.32. The van der Waals surface area contributed by atoms with E-state index in [0.717, 1.165) is 6.54 Å². The van der Waals surface area contributed by atoms with Crippen LogP contribution in [0.15, 0.2) is 18.2 Å². The van der Waals surface area contributed by atoms with Crippen molar-refractivity contribution in [2.75, 3.05) is 12.3 Å². The Hall–Kier alpha value is -0.740. The number of hydrogen-bond donors (Lipinski definition) is 2. The molecule has 0 bridgehead atoms. The third-order valence-electron chi connectivity index (χ3n) is 3.53. The summed E-state index contributed by atoms with van der Waals surface area (Å²) in [5, 5.41) is 12.6. The number of hydrogen-bond acceptors (Lipinski definition) is 3. The molecule has 1 aromatic rings. The van der Waals surface area contributed by atoms with Crippen molar-refractivity contribution >= 4 is 11.8 Å². The summed E-state index contributed by atoms with van der Waals surface area (Å²) in [4.78, 5) is 0. The Balaban J connectivity index is 1.97.